The van der Waals surface area contributed by atoms with E-state index in [1.165, 1.54) is 5.84 Å². The van der Waals surface area contributed by atoms with Gasteiger partial charge in [-0.25, -0.2) is 0 Å². The van der Waals surface area contributed by atoms with Crippen LogP contribution < -0.4 is 0 Å². The third-order valence-electron chi connectivity index (χ3n) is 2.17. The maximum Gasteiger partial charge on any atom is 0.102 e. The molecule has 0 spiro atoms. The molecule has 0 heterocycles. The molecule has 0 aliphatic heterocycles. The Kier molecular flexibility index (Phi) is 5.82. The zero-order chi connectivity index (χ0) is 11.3. The molecule has 0 fully saturated rings. The van der Waals surface area contributed by atoms with E-state index in [-0.39, 0.29) is 0 Å². The maximum absolute atomic E-state index is 4.71. The molecule has 0 aromatic rings. The molecule has 0 aliphatic rings. The average Bonchev–Trinajstić information content (AvgIpc) is 2.02. The van der Waals surface area contributed by atoms with Crippen LogP contribution in [0.5, 0.6) is 0 Å². The van der Waals surface area contributed by atoms with Gasteiger partial charge in [-0.2, -0.15) is 0 Å². The highest BCUT2D eigenvalue weighted by molar-refractivity contribution is 5.84. The first-order valence-corrected chi connectivity index (χ1v) is 5.74. The van der Waals surface area contributed by atoms with Gasteiger partial charge < -0.3 is 4.90 Å². The summed E-state index contributed by atoms with van der Waals surface area (Å²) >= 11 is 0. The van der Waals surface area contributed by atoms with Crippen LogP contribution in [0.2, 0.25) is 0 Å². The Morgan fingerprint density at radius 1 is 1.07 bits per heavy atom. The lowest BCUT2D eigenvalue weighted by Crippen LogP contribution is -2.40. The lowest BCUT2D eigenvalue weighted by Gasteiger charge is -2.31. The van der Waals surface area contributed by atoms with E-state index in [9.17, 15) is 0 Å². The predicted molar refractivity (Wildman–Crippen MR) is 64.9 cm³/mol. The Labute approximate surface area is 89.4 Å². The first-order valence-electron chi connectivity index (χ1n) is 5.74. The number of hydrogen-bond donors (Lipinski definition) is 0. The summed E-state index contributed by atoms with van der Waals surface area (Å²) in [7, 11) is 0. The van der Waals surface area contributed by atoms with Gasteiger partial charge in [-0.3, -0.25) is 4.99 Å². The van der Waals surface area contributed by atoms with Crippen LogP contribution in [-0.2, 0) is 0 Å². The lowest BCUT2D eigenvalue weighted by atomic mass is 10.1. The standard InChI is InChI=1S/C12H26N2/c1-8-14(11(6)7)12(9(2)3)13-10(4)5/h9-11H,8H2,1-7H3. The first kappa shape index (κ1) is 13.5. The van der Waals surface area contributed by atoms with Crippen molar-refractivity contribution in [2.45, 2.75) is 60.5 Å². The van der Waals surface area contributed by atoms with E-state index >= 15 is 0 Å². The third kappa shape index (κ3) is 4.12. The number of nitrogens with zero attached hydrogens (tertiary/aromatic N) is 2. The van der Waals surface area contributed by atoms with E-state index in [0.29, 0.717) is 18.0 Å². The number of aliphatic imine (C=N–C) groups is 1. The molecule has 0 unspecified atom stereocenters. The zero-order valence-electron chi connectivity index (χ0n) is 10.8. The van der Waals surface area contributed by atoms with Gasteiger partial charge in [-0.15, -0.1) is 0 Å². The molecule has 0 N–H and O–H groups in total. The molecule has 0 atom stereocenters. The average molecular weight is 198 g/mol. The van der Waals surface area contributed by atoms with Gasteiger partial charge >= 0.3 is 0 Å². The van der Waals surface area contributed by atoms with Crippen LogP contribution in [0.3, 0.4) is 0 Å². The van der Waals surface area contributed by atoms with Crippen LogP contribution in [0.4, 0.5) is 0 Å². The van der Waals surface area contributed by atoms with Crippen LogP contribution in [0, 0.1) is 5.92 Å². The van der Waals surface area contributed by atoms with Gasteiger partial charge in [0, 0.05) is 24.5 Å². The minimum absolute atomic E-state index is 0.389. The second-order valence-corrected chi connectivity index (χ2v) is 4.62. The summed E-state index contributed by atoms with van der Waals surface area (Å²) in [5.74, 6) is 1.76. The van der Waals surface area contributed by atoms with Gasteiger partial charge in [0.1, 0.15) is 5.84 Å². The number of rotatable bonds is 4. The molecular formula is C12H26N2. The van der Waals surface area contributed by atoms with Gasteiger partial charge in [-0.1, -0.05) is 13.8 Å². The fourth-order valence-electron chi connectivity index (χ4n) is 1.61. The van der Waals surface area contributed by atoms with Crippen LogP contribution in [0.1, 0.15) is 48.5 Å². The Morgan fingerprint density at radius 2 is 1.57 bits per heavy atom. The van der Waals surface area contributed by atoms with Gasteiger partial charge in [0.05, 0.1) is 0 Å². The minimum Gasteiger partial charge on any atom is -0.358 e. The molecule has 0 radical (unpaired) electrons. The fraction of sp³-hybridized carbons (Fsp3) is 0.917. The predicted octanol–water partition coefficient (Wildman–Crippen LogP) is 3.18. The summed E-state index contributed by atoms with van der Waals surface area (Å²) in [6, 6.07) is 0.931. The topological polar surface area (TPSA) is 15.6 Å². The molecule has 14 heavy (non-hydrogen) atoms. The van der Waals surface area contributed by atoms with Crippen LogP contribution in [0.25, 0.3) is 0 Å². The van der Waals surface area contributed by atoms with Crippen molar-refractivity contribution in [1.29, 1.82) is 0 Å². The Morgan fingerprint density at radius 3 is 1.79 bits per heavy atom. The lowest BCUT2D eigenvalue weighted by molar-refractivity contribution is 0.348. The summed E-state index contributed by atoms with van der Waals surface area (Å²) in [6.45, 7) is 16.4. The van der Waals surface area contributed by atoms with E-state index < -0.39 is 0 Å². The summed E-state index contributed by atoms with van der Waals surface area (Å²) in [5, 5.41) is 0. The molecular weight excluding hydrogens is 172 g/mol. The molecule has 0 aliphatic carbocycles. The largest absolute Gasteiger partial charge is 0.358 e. The number of amidine groups is 1. The Balaban J connectivity index is 4.79. The van der Waals surface area contributed by atoms with E-state index in [1.807, 2.05) is 0 Å². The van der Waals surface area contributed by atoms with Gasteiger partial charge in [0.15, 0.2) is 0 Å². The van der Waals surface area contributed by atoms with Crippen molar-refractivity contribution in [2.75, 3.05) is 6.54 Å². The highest BCUT2D eigenvalue weighted by Crippen LogP contribution is 2.09. The molecule has 0 amide bonds. The Hall–Kier alpha value is -0.530. The smallest absolute Gasteiger partial charge is 0.102 e. The first-order chi connectivity index (χ1) is 6.40. The van der Waals surface area contributed by atoms with Crippen LogP contribution in [-0.4, -0.2) is 29.4 Å². The van der Waals surface area contributed by atoms with Gasteiger partial charge in [0.2, 0.25) is 0 Å². The normalized spacial score (nSPS) is 13.1. The summed E-state index contributed by atoms with van der Waals surface area (Å²) in [5.41, 5.74) is 0. The van der Waals surface area contributed by atoms with Crippen molar-refractivity contribution in [3.05, 3.63) is 0 Å². The molecule has 2 nitrogen and oxygen atoms in total. The van der Waals surface area contributed by atoms with Crippen LogP contribution in [0.15, 0.2) is 4.99 Å². The van der Waals surface area contributed by atoms with E-state index in [0.717, 1.165) is 6.54 Å². The second-order valence-electron chi connectivity index (χ2n) is 4.62. The van der Waals surface area contributed by atoms with Crippen molar-refractivity contribution in [3.63, 3.8) is 0 Å². The van der Waals surface area contributed by atoms with E-state index in [2.05, 4.69) is 53.4 Å². The van der Waals surface area contributed by atoms with E-state index in [4.69, 9.17) is 4.99 Å². The number of hydrogen-bond acceptors (Lipinski definition) is 1. The molecule has 0 bridgehead atoms. The van der Waals surface area contributed by atoms with E-state index in [1.54, 1.807) is 0 Å². The third-order valence-corrected chi connectivity index (χ3v) is 2.17. The molecule has 0 aromatic carbocycles. The van der Waals surface area contributed by atoms with Crippen molar-refractivity contribution >= 4 is 5.84 Å². The fourth-order valence-corrected chi connectivity index (χ4v) is 1.61. The maximum atomic E-state index is 4.71. The van der Waals surface area contributed by atoms with Crippen LogP contribution >= 0.6 is 0 Å². The van der Waals surface area contributed by atoms with Crippen molar-refractivity contribution in [2.24, 2.45) is 10.9 Å². The van der Waals surface area contributed by atoms with Gasteiger partial charge in [-0.05, 0) is 34.6 Å². The molecule has 2 heteroatoms. The highest BCUT2D eigenvalue weighted by atomic mass is 15.2. The van der Waals surface area contributed by atoms with Crippen molar-refractivity contribution in [3.8, 4) is 0 Å². The molecule has 0 saturated carbocycles. The molecule has 0 saturated heterocycles. The van der Waals surface area contributed by atoms with Crippen molar-refractivity contribution in [1.82, 2.24) is 4.90 Å². The van der Waals surface area contributed by atoms with Gasteiger partial charge in [0.25, 0.3) is 0 Å². The molecule has 84 valence electrons. The summed E-state index contributed by atoms with van der Waals surface area (Å²) in [4.78, 5) is 7.09. The summed E-state index contributed by atoms with van der Waals surface area (Å²) in [6.07, 6.45) is 0. The summed E-state index contributed by atoms with van der Waals surface area (Å²) < 4.78 is 0. The molecule has 0 rings (SSSR count). The molecule has 0 aromatic heterocycles. The zero-order valence-corrected chi connectivity index (χ0v) is 10.8. The Bertz CT molecular complexity index is 181. The SMILES string of the molecule is CCN(C(=NC(C)C)C(C)C)C(C)C. The van der Waals surface area contributed by atoms with Crippen molar-refractivity contribution < 1.29 is 0 Å². The highest BCUT2D eigenvalue weighted by Gasteiger charge is 2.16. The minimum atomic E-state index is 0.389. The quantitative estimate of drug-likeness (QED) is 0.500. The monoisotopic (exact) mass is 198 g/mol. The second kappa shape index (κ2) is 6.05.